The van der Waals surface area contributed by atoms with Crippen molar-refractivity contribution in [1.82, 2.24) is 10.3 Å². The van der Waals surface area contributed by atoms with Crippen LogP contribution >= 0.6 is 15.9 Å². The first-order valence-corrected chi connectivity index (χ1v) is 8.04. The molecular weight excluding hydrogens is 328 g/mol. The first-order chi connectivity index (χ1) is 10.1. The van der Waals surface area contributed by atoms with E-state index in [0.29, 0.717) is 11.9 Å². The quantitative estimate of drug-likeness (QED) is 0.864. The Balaban J connectivity index is 1.70. The van der Waals surface area contributed by atoms with E-state index in [2.05, 4.69) is 32.3 Å². The van der Waals surface area contributed by atoms with Crippen molar-refractivity contribution < 1.29 is 4.74 Å². The second kappa shape index (κ2) is 6.16. The summed E-state index contributed by atoms with van der Waals surface area (Å²) >= 11 is 3.49. The molecule has 4 heteroatoms. The molecule has 21 heavy (non-hydrogen) atoms. The Morgan fingerprint density at radius 2 is 2.05 bits per heavy atom. The molecule has 1 aromatic carbocycles. The maximum Gasteiger partial charge on any atom is 0.222 e. The number of ether oxygens (including phenoxy) is 1. The zero-order chi connectivity index (χ0) is 14.8. The minimum absolute atomic E-state index is 0.673. The summed E-state index contributed by atoms with van der Waals surface area (Å²) in [5, 5.41) is 3.50. The van der Waals surface area contributed by atoms with Gasteiger partial charge in [0.05, 0.1) is 0 Å². The normalized spacial score (nSPS) is 14.2. The summed E-state index contributed by atoms with van der Waals surface area (Å²) in [6, 6.07) is 8.80. The molecular formula is C17H19BrN2O. The fourth-order valence-electron chi connectivity index (χ4n) is 2.17. The van der Waals surface area contributed by atoms with Gasteiger partial charge >= 0.3 is 0 Å². The van der Waals surface area contributed by atoms with Crippen molar-refractivity contribution >= 4 is 15.9 Å². The lowest BCUT2D eigenvalue weighted by molar-refractivity contribution is 0.457. The number of nitrogens with one attached hydrogen (secondary N) is 1. The third-order valence-electron chi connectivity index (χ3n) is 3.60. The van der Waals surface area contributed by atoms with Gasteiger partial charge in [-0.25, -0.2) is 4.98 Å². The van der Waals surface area contributed by atoms with Crippen LogP contribution in [0.15, 0.2) is 34.9 Å². The summed E-state index contributed by atoms with van der Waals surface area (Å²) in [5.74, 6) is 1.49. The highest BCUT2D eigenvalue weighted by Gasteiger charge is 2.20. The van der Waals surface area contributed by atoms with Crippen molar-refractivity contribution in [2.75, 3.05) is 0 Å². The van der Waals surface area contributed by atoms with Crippen LogP contribution in [0.2, 0.25) is 0 Å². The lowest BCUT2D eigenvalue weighted by Gasteiger charge is -2.10. The Kier molecular flexibility index (Phi) is 4.27. The summed E-state index contributed by atoms with van der Waals surface area (Å²) in [5.41, 5.74) is 3.42. The SMILES string of the molecule is Cc1cc(Oc2ncc(CNC3CC3)cc2C)ccc1Br. The minimum atomic E-state index is 0.673. The van der Waals surface area contributed by atoms with Gasteiger partial charge in [-0.15, -0.1) is 0 Å². The molecule has 0 bridgehead atoms. The zero-order valence-corrected chi connectivity index (χ0v) is 13.9. The van der Waals surface area contributed by atoms with Crippen molar-refractivity contribution in [2.45, 2.75) is 39.3 Å². The van der Waals surface area contributed by atoms with Crippen LogP contribution < -0.4 is 10.1 Å². The van der Waals surface area contributed by atoms with E-state index >= 15 is 0 Å². The Morgan fingerprint density at radius 3 is 2.71 bits per heavy atom. The topological polar surface area (TPSA) is 34.1 Å². The standard InChI is InChI=1S/C17H19BrN2O/c1-11-8-15(5-6-16(11)18)21-17-12(2)7-13(10-20-17)9-19-14-3-4-14/h5-8,10,14,19H,3-4,9H2,1-2H3. The van der Waals surface area contributed by atoms with Gasteiger partial charge in [-0.2, -0.15) is 0 Å². The third kappa shape index (κ3) is 3.83. The van der Waals surface area contributed by atoms with Crippen molar-refractivity contribution in [2.24, 2.45) is 0 Å². The molecule has 0 unspecified atom stereocenters. The highest BCUT2D eigenvalue weighted by molar-refractivity contribution is 9.10. The Labute approximate surface area is 133 Å². The molecule has 1 fully saturated rings. The largest absolute Gasteiger partial charge is 0.439 e. The molecule has 1 heterocycles. The molecule has 3 rings (SSSR count). The van der Waals surface area contributed by atoms with Crippen molar-refractivity contribution in [3.05, 3.63) is 51.6 Å². The third-order valence-corrected chi connectivity index (χ3v) is 4.49. The van der Waals surface area contributed by atoms with Gasteiger partial charge in [0.1, 0.15) is 5.75 Å². The van der Waals surface area contributed by atoms with Gasteiger partial charge in [0, 0.05) is 28.8 Å². The summed E-state index contributed by atoms with van der Waals surface area (Å²) in [6.07, 6.45) is 4.50. The summed E-state index contributed by atoms with van der Waals surface area (Å²) in [4.78, 5) is 4.45. The van der Waals surface area contributed by atoms with Gasteiger partial charge in [0.15, 0.2) is 0 Å². The van der Waals surface area contributed by atoms with Crippen LogP contribution in [0.5, 0.6) is 11.6 Å². The van der Waals surface area contributed by atoms with E-state index in [-0.39, 0.29) is 0 Å². The molecule has 1 aromatic heterocycles. The molecule has 1 N–H and O–H groups in total. The molecule has 1 aliphatic carbocycles. The number of pyridine rings is 1. The molecule has 3 nitrogen and oxygen atoms in total. The Hall–Kier alpha value is -1.39. The molecule has 0 saturated heterocycles. The van der Waals surface area contributed by atoms with E-state index in [1.54, 1.807) is 0 Å². The van der Waals surface area contributed by atoms with Crippen molar-refractivity contribution in [3.63, 3.8) is 0 Å². The van der Waals surface area contributed by atoms with Crippen LogP contribution in [-0.4, -0.2) is 11.0 Å². The lowest BCUT2D eigenvalue weighted by atomic mass is 10.2. The number of benzene rings is 1. The Bertz CT molecular complexity index is 653. The first-order valence-electron chi connectivity index (χ1n) is 7.25. The summed E-state index contributed by atoms with van der Waals surface area (Å²) in [7, 11) is 0. The molecule has 0 amide bonds. The van der Waals surface area contributed by atoms with Crippen LogP contribution in [0.1, 0.15) is 29.5 Å². The fourth-order valence-corrected chi connectivity index (χ4v) is 2.41. The molecule has 0 spiro atoms. The van der Waals surface area contributed by atoms with Gasteiger partial charge in [-0.1, -0.05) is 15.9 Å². The average Bonchev–Trinajstić information content (AvgIpc) is 3.27. The predicted molar refractivity (Wildman–Crippen MR) is 87.8 cm³/mol. The molecule has 2 aromatic rings. The number of hydrogen-bond acceptors (Lipinski definition) is 3. The second-order valence-corrected chi connectivity index (χ2v) is 6.49. The van der Waals surface area contributed by atoms with Crippen LogP contribution in [0.25, 0.3) is 0 Å². The average molecular weight is 347 g/mol. The van der Waals surface area contributed by atoms with Gasteiger partial charge in [0.2, 0.25) is 5.88 Å². The lowest BCUT2D eigenvalue weighted by Crippen LogP contribution is -2.15. The second-order valence-electron chi connectivity index (χ2n) is 5.63. The van der Waals surface area contributed by atoms with E-state index in [0.717, 1.165) is 27.9 Å². The number of aryl methyl sites for hydroxylation is 2. The first kappa shape index (κ1) is 14.5. The Morgan fingerprint density at radius 1 is 1.24 bits per heavy atom. The van der Waals surface area contributed by atoms with Gasteiger partial charge in [-0.05, 0) is 62.1 Å². The van der Waals surface area contributed by atoms with Crippen molar-refractivity contribution in [1.29, 1.82) is 0 Å². The molecule has 1 saturated carbocycles. The zero-order valence-electron chi connectivity index (χ0n) is 12.3. The van der Waals surface area contributed by atoms with E-state index < -0.39 is 0 Å². The van der Waals surface area contributed by atoms with E-state index in [9.17, 15) is 0 Å². The van der Waals surface area contributed by atoms with E-state index in [1.807, 2.05) is 38.2 Å². The predicted octanol–water partition coefficient (Wildman–Crippen LogP) is 4.51. The van der Waals surface area contributed by atoms with Gasteiger partial charge < -0.3 is 10.1 Å². The summed E-state index contributed by atoms with van der Waals surface area (Å²) < 4.78 is 6.97. The minimum Gasteiger partial charge on any atom is -0.439 e. The molecule has 110 valence electrons. The fraction of sp³-hybridized carbons (Fsp3) is 0.353. The van der Waals surface area contributed by atoms with Gasteiger partial charge in [0.25, 0.3) is 0 Å². The van der Waals surface area contributed by atoms with Crippen molar-refractivity contribution in [3.8, 4) is 11.6 Å². The summed E-state index contributed by atoms with van der Waals surface area (Å²) in [6.45, 7) is 4.97. The number of aromatic nitrogens is 1. The van der Waals surface area contributed by atoms with Gasteiger partial charge in [-0.3, -0.25) is 0 Å². The van der Waals surface area contributed by atoms with Crippen LogP contribution in [0.4, 0.5) is 0 Å². The maximum absolute atomic E-state index is 5.89. The molecule has 0 radical (unpaired) electrons. The highest BCUT2D eigenvalue weighted by atomic mass is 79.9. The van der Waals surface area contributed by atoms with Crippen LogP contribution in [-0.2, 0) is 6.54 Å². The maximum atomic E-state index is 5.89. The smallest absolute Gasteiger partial charge is 0.222 e. The number of rotatable bonds is 5. The molecule has 0 aliphatic heterocycles. The molecule has 0 atom stereocenters. The highest BCUT2D eigenvalue weighted by Crippen LogP contribution is 2.27. The molecule has 1 aliphatic rings. The van der Waals surface area contributed by atoms with Crippen LogP contribution in [0.3, 0.4) is 0 Å². The van der Waals surface area contributed by atoms with E-state index in [1.165, 1.54) is 18.4 Å². The van der Waals surface area contributed by atoms with Crippen LogP contribution in [0, 0.1) is 13.8 Å². The van der Waals surface area contributed by atoms with E-state index in [4.69, 9.17) is 4.74 Å². The number of halogens is 1. The monoisotopic (exact) mass is 346 g/mol. The number of nitrogens with zero attached hydrogens (tertiary/aromatic N) is 1. The number of hydrogen-bond donors (Lipinski definition) is 1.